The molecule has 2 N–H and O–H groups in total. The van der Waals surface area contributed by atoms with Gasteiger partial charge in [-0.05, 0) is 48.1 Å². The summed E-state index contributed by atoms with van der Waals surface area (Å²) in [5.41, 5.74) is 3.29. The number of piperazine rings is 1. The molecule has 3 aromatic carbocycles. The third kappa shape index (κ3) is 7.18. The first kappa shape index (κ1) is 25.5. The van der Waals surface area contributed by atoms with E-state index < -0.39 is 0 Å². The average molecular weight is 486 g/mol. The van der Waals surface area contributed by atoms with Crippen LogP contribution in [0.2, 0.25) is 0 Å². The van der Waals surface area contributed by atoms with Gasteiger partial charge in [-0.15, -0.1) is 0 Å². The molecule has 4 rings (SSSR count). The highest BCUT2D eigenvalue weighted by Gasteiger charge is 2.26. The number of para-hydroxylation sites is 2. The number of carbonyl (C=O) groups is 2. The Morgan fingerprint density at radius 1 is 0.917 bits per heavy atom. The average Bonchev–Trinajstić information content (AvgIpc) is 2.90. The molecule has 1 heterocycles. The molecule has 1 aliphatic heterocycles. The maximum Gasteiger partial charge on any atom is 0.223 e. The summed E-state index contributed by atoms with van der Waals surface area (Å²) in [5, 5.41) is 6.28. The second kappa shape index (κ2) is 12.9. The van der Waals surface area contributed by atoms with Gasteiger partial charge in [-0.3, -0.25) is 9.59 Å². The Morgan fingerprint density at radius 2 is 1.56 bits per heavy atom. The summed E-state index contributed by atoms with van der Waals surface area (Å²) in [6.45, 7) is 4.45. The normalized spacial score (nSPS) is 15.4. The number of hydrogen-bond donors (Lipinski definition) is 2. The zero-order chi connectivity index (χ0) is 25.2. The van der Waals surface area contributed by atoms with Gasteiger partial charge in [-0.2, -0.15) is 0 Å². The van der Waals surface area contributed by atoms with Gasteiger partial charge < -0.3 is 20.3 Å². The van der Waals surface area contributed by atoms with Gasteiger partial charge in [0.25, 0.3) is 0 Å². The molecule has 1 saturated heterocycles. The molecule has 0 saturated carbocycles. The second-order valence-corrected chi connectivity index (χ2v) is 9.19. The van der Waals surface area contributed by atoms with Gasteiger partial charge in [0, 0.05) is 45.6 Å². The van der Waals surface area contributed by atoms with Crippen molar-refractivity contribution in [3.05, 3.63) is 95.6 Å². The van der Waals surface area contributed by atoms with Gasteiger partial charge >= 0.3 is 0 Å². The lowest BCUT2D eigenvalue weighted by atomic mass is 10.0. The van der Waals surface area contributed by atoms with E-state index in [2.05, 4.69) is 22.8 Å². The van der Waals surface area contributed by atoms with Crippen LogP contribution in [0.1, 0.15) is 30.0 Å². The quantitative estimate of drug-likeness (QED) is 0.453. The van der Waals surface area contributed by atoms with Gasteiger partial charge in [-0.25, -0.2) is 0 Å². The third-order valence-electron chi connectivity index (χ3n) is 6.53. The monoisotopic (exact) mass is 485 g/mol. The Labute approximate surface area is 213 Å². The summed E-state index contributed by atoms with van der Waals surface area (Å²) in [6.07, 6.45) is 2.59. The van der Waals surface area contributed by atoms with Crippen molar-refractivity contribution in [1.82, 2.24) is 15.5 Å². The number of benzene rings is 3. The van der Waals surface area contributed by atoms with E-state index in [-0.39, 0.29) is 17.9 Å². The van der Waals surface area contributed by atoms with Crippen LogP contribution in [-0.2, 0) is 28.9 Å². The highest BCUT2D eigenvalue weighted by Crippen LogP contribution is 2.29. The van der Waals surface area contributed by atoms with Crippen LogP contribution >= 0.6 is 0 Å². The van der Waals surface area contributed by atoms with Crippen molar-refractivity contribution in [2.75, 3.05) is 26.2 Å². The standard InChI is InChI=1S/C30H35N3O3/c1-23(34)32-18-17-26-12-6-8-14-29(26)36-28-13-7-5-11-25(28)15-16-30(35)33-20-19-31-22-27(33)21-24-9-3-2-4-10-24/h2-14,27,31H,15-22H2,1H3,(H,32,34)/t27-/m1/s1. The number of nitrogens with one attached hydrogen (secondary N) is 2. The number of hydrogen-bond acceptors (Lipinski definition) is 4. The summed E-state index contributed by atoms with van der Waals surface area (Å²) in [5.74, 6) is 1.67. The van der Waals surface area contributed by atoms with Crippen molar-refractivity contribution in [1.29, 1.82) is 0 Å². The van der Waals surface area contributed by atoms with Crippen LogP contribution < -0.4 is 15.4 Å². The van der Waals surface area contributed by atoms with Crippen molar-refractivity contribution in [2.24, 2.45) is 0 Å². The topological polar surface area (TPSA) is 70.7 Å². The number of aryl methyl sites for hydroxylation is 1. The van der Waals surface area contributed by atoms with Crippen LogP contribution in [-0.4, -0.2) is 48.9 Å². The summed E-state index contributed by atoms with van der Waals surface area (Å²) in [6, 6.07) is 26.3. The van der Waals surface area contributed by atoms with Crippen molar-refractivity contribution < 1.29 is 14.3 Å². The number of ether oxygens (including phenoxy) is 1. The van der Waals surface area contributed by atoms with Crippen molar-refractivity contribution in [3.8, 4) is 11.5 Å². The van der Waals surface area contributed by atoms with Crippen LogP contribution in [0.15, 0.2) is 78.9 Å². The number of amides is 2. The molecule has 0 bridgehead atoms. The largest absolute Gasteiger partial charge is 0.457 e. The van der Waals surface area contributed by atoms with Crippen LogP contribution in [0.3, 0.4) is 0 Å². The van der Waals surface area contributed by atoms with E-state index in [9.17, 15) is 9.59 Å². The second-order valence-electron chi connectivity index (χ2n) is 9.19. The molecule has 0 aliphatic carbocycles. The predicted octanol–water partition coefficient (Wildman–Crippen LogP) is 4.13. The minimum absolute atomic E-state index is 0.0427. The maximum absolute atomic E-state index is 13.3. The lowest BCUT2D eigenvalue weighted by Gasteiger charge is -2.36. The molecular formula is C30H35N3O3. The Hall–Kier alpha value is -3.64. The van der Waals surface area contributed by atoms with Crippen LogP contribution in [0.4, 0.5) is 0 Å². The molecule has 1 fully saturated rings. The van der Waals surface area contributed by atoms with Crippen LogP contribution in [0.5, 0.6) is 11.5 Å². The molecule has 0 aromatic heterocycles. The first-order chi connectivity index (χ1) is 17.6. The van der Waals surface area contributed by atoms with Gasteiger partial charge in [0.15, 0.2) is 0 Å². The fraction of sp³-hybridized carbons (Fsp3) is 0.333. The molecule has 0 unspecified atom stereocenters. The van der Waals surface area contributed by atoms with Gasteiger partial charge in [0.1, 0.15) is 11.5 Å². The molecule has 188 valence electrons. The summed E-state index contributed by atoms with van der Waals surface area (Å²) >= 11 is 0. The van der Waals surface area contributed by atoms with Crippen molar-refractivity contribution >= 4 is 11.8 Å². The molecule has 0 spiro atoms. The molecule has 3 aromatic rings. The van der Waals surface area contributed by atoms with Gasteiger partial charge in [0.2, 0.25) is 11.8 Å². The first-order valence-corrected chi connectivity index (χ1v) is 12.7. The zero-order valence-electron chi connectivity index (χ0n) is 20.9. The smallest absolute Gasteiger partial charge is 0.223 e. The highest BCUT2D eigenvalue weighted by atomic mass is 16.5. The Kier molecular flexibility index (Phi) is 9.11. The molecule has 6 nitrogen and oxygen atoms in total. The van der Waals surface area contributed by atoms with Crippen LogP contribution in [0.25, 0.3) is 0 Å². The van der Waals surface area contributed by atoms with E-state index in [0.29, 0.717) is 25.8 Å². The Morgan fingerprint density at radius 3 is 2.25 bits per heavy atom. The van der Waals surface area contributed by atoms with E-state index >= 15 is 0 Å². The SMILES string of the molecule is CC(=O)NCCc1ccccc1Oc1ccccc1CCC(=O)N1CCNC[C@H]1Cc1ccccc1. The molecular weight excluding hydrogens is 450 g/mol. The summed E-state index contributed by atoms with van der Waals surface area (Å²) in [4.78, 5) is 26.6. The lowest BCUT2D eigenvalue weighted by molar-refractivity contribution is -0.134. The molecule has 1 atom stereocenters. The molecule has 1 aliphatic rings. The number of carbonyl (C=O) groups excluding carboxylic acids is 2. The number of nitrogens with zero attached hydrogens (tertiary/aromatic N) is 1. The molecule has 36 heavy (non-hydrogen) atoms. The van der Waals surface area contributed by atoms with Crippen molar-refractivity contribution in [3.63, 3.8) is 0 Å². The number of rotatable bonds is 10. The molecule has 6 heteroatoms. The highest BCUT2D eigenvalue weighted by molar-refractivity contribution is 5.77. The summed E-state index contributed by atoms with van der Waals surface area (Å²) in [7, 11) is 0. The van der Waals surface area contributed by atoms with Gasteiger partial charge in [-0.1, -0.05) is 66.7 Å². The van der Waals surface area contributed by atoms with Gasteiger partial charge in [0.05, 0.1) is 0 Å². The fourth-order valence-electron chi connectivity index (χ4n) is 4.65. The Balaban J connectivity index is 1.40. The van der Waals surface area contributed by atoms with Crippen molar-refractivity contribution in [2.45, 2.75) is 38.6 Å². The van der Waals surface area contributed by atoms with E-state index in [4.69, 9.17) is 4.74 Å². The molecule has 2 amide bonds. The minimum atomic E-state index is -0.0427. The third-order valence-corrected chi connectivity index (χ3v) is 6.53. The maximum atomic E-state index is 13.3. The van der Waals surface area contributed by atoms with E-state index in [0.717, 1.165) is 48.7 Å². The predicted molar refractivity (Wildman–Crippen MR) is 142 cm³/mol. The Bertz CT molecular complexity index is 1150. The fourth-order valence-corrected chi connectivity index (χ4v) is 4.65. The first-order valence-electron chi connectivity index (χ1n) is 12.7. The van der Waals surface area contributed by atoms with E-state index in [1.807, 2.05) is 71.6 Å². The van der Waals surface area contributed by atoms with E-state index in [1.165, 1.54) is 12.5 Å². The molecule has 0 radical (unpaired) electrons. The zero-order valence-corrected chi connectivity index (χ0v) is 20.9. The van der Waals surface area contributed by atoms with E-state index in [1.54, 1.807) is 0 Å². The minimum Gasteiger partial charge on any atom is -0.457 e. The van der Waals surface area contributed by atoms with Crippen LogP contribution in [0, 0.1) is 0 Å². The lowest BCUT2D eigenvalue weighted by Crippen LogP contribution is -2.54. The summed E-state index contributed by atoms with van der Waals surface area (Å²) < 4.78 is 6.33.